The fourth-order valence-electron chi connectivity index (χ4n) is 4.56. The third kappa shape index (κ3) is 5.21. The first kappa shape index (κ1) is 22.3. The summed E-state index contributed by atoms with van der Waals surface area (Å²) in [7, 11) is 3.39. The molecule has 3 rings (SSSR count). The lowest BCUT2D eigenvalue weighted by molar-refractivity contribution is -0.169. The van der Waals surface area contributed by atoms with E-state index in [-0.39, 0.29) is 29.8 Å². The number of epoxide rings is 1. The average molecular weight is 406 g/mol. The fourth-order valence-corrected chi connectivity index (χ4v) is 4.56. The number of hydrogen-bond acceptors (Lipinski definition) is 4. The molecule has 5 atom stereocenters. The van der Waals surface area contributed by atoms with Crippen molar-refractivity contribution in [2.24, 2.45) is 11.8 Å². The van der Waals surface area contributed by atoms with Gasteiger partial charge in [-0.05, 0) is 43.4 Å². The van der Waals surface area contributed by atoms with Gasteiger partial charge in [-0.1, -0.05) is 37.6 Å². The number of allylic oxidation sites excluding steroid dienone is 1. The smallest absolute Gasteiger partial charge is 0.185 e. The zero-order chi connectivity index (χ0) is 21.0. The van der Waals surface area contributed by atoms with Gasteiger partial charge >= 0.3 is 0 Å². The van der Waals surface area contributed by atoms with Gasteiger partial charge in [-0.2, -0.15) is 0 Å². The van der Waals surface area contributed by atoms with Crippen molar-refractivity contribution in [3.05, 3.63) is 41.5 Å². The minimum atomic E-state index is -0.361. The SMILES string of the molecule is COc1ccc(CO[C@H]2[C@@H](OC)[C@H](/C(C)=C/CCC(C)C)[C@@]3(CO3)C[C@@H]2[OH2+])cc1. The van der Waals surface area contributed by atoms with Crippen LogP contribution in [0, 0.1) is 11.8 Å². The van der Waals surface area contributed by atoms with Gasteiger partial charge in [0.05, 0.1) is 26.7 Å². The summed E-state index contributed by atoms with van der Waals surface area (Å²) in [6.07, 6.45) is 4.45. The van der Waals surface area contributed by atoms with Gasteiger partial charge in [0.1, 0.15) is 17.5 Å². The predicted octanol–water partition coefficient (Wildman–Crippen LogP) is 3.86. The van der Waals surface area contributed by atoms with E-state index in [0.29, 0.717) is 25.6 Å². The Kier molecular flexibility index (Phi) is 7.38. The molecule has 2 fully saturated rings. The van der Waals surface area contributed by atoms with Gasteiger partial charge in [0.25, 0.3) is 0 Å². The van der Waals surface area contributed by atoms with Crippen LogP contribution in [0.4, 0.5) is 0 Å². The van der Waals surface area contributed by atoms with E-state index in [1.807, 2.05) is 24.3 Å². The maximum absolute atomic E-state index is 8.69. The lowest BCUT2D eigenvalue weighted by Crippen LogP contribution is -2.56. The number of rotatable bonds is 9. The zero-order valence-electron chi connectivity index (χ0n) is 18.4. The minimum absolute atomic E-state index is 0.141. The van der Waals surface area contributed by atoms with Crippen molar-refractivity contribution >= 4 is 0 Å². The Morgan fingerprint density at radius 3 is 2.48 bits per heavy atom. The first-order chi connectivity index (χ1) is 13.9. The third-order valence-electron chi connectivity index (χ3n) is 6.27. The van der Waals surface area contributed by atoms with Crippen LogP contribution in [0.5, 0.6) is 5.75 Å². The highest BCUT2D eigenvalue weighted by molar-refractivity contribution is 5.27. The van der Waals surface area contributed by atoms with Crippen LogP contribution in [0.1, 0.15) is 45.6 Å². The van der Waals surface area contributed by atoms with Gasteiger partial charge in [-0.15, -0.1) is 0 Å². The van der Waals surface area contributed by atoms with Crippen LogP contribution in [-0.2, 0) is 20.8 Å². The maximum atomic E-state index is 8.69. The Hall–Kier alpha value is -1.40. The molecule has 1 saturated carbocycles. The van der Waals surface area contributed by atoms with Crippen LogP contribution < -0.4 is 4.74 Å². The second-order valence-electron chi connectivity index (χ2n) is 8.89. The molecule has 2 N–H and O–H groups in total. The van der Waals surface area contributed by atoms with Crippen LogP contribution in [0.2, 0.25) is 0 Å². The molecule has 0 unspecified atom stereocenters. The van der Waals surface area contributed by atoms with Gasteiger partial charge < -0.3 is 24.1 Å². The molecule has 29 heavy (non-hydrogen) atoms. The molecule has 1 aliphatic heterocycles. The monoisotopic (exact) mass is 405 g/mol. The Bertz CT molecular complexity index is 677. The lowest BCUT2D eigenvalue weighted by atomic mass is 9.70. The highest BCUT2D eigenvalue weighted by atomic mass is 16.6. The van der Waals surface area contributed by atoms with Crippen LogP contribution in [-0.4, -0.2) is 49.8 Å². The van der Waals surface area contributed by atoms with E-state index in [0.717, 1.165) is 17.7 Å². The van der Waals surface area contributed by atoms with E-state index < -0.39 is 0 Å². The van der Waals surface area contributed by atoms with Crippen molar-refractivity contribution in [1.82, 2.24) is 0 Å². The first-order valence-electron chi connectivity index (χ1n) is 10.7. The lowest BCUT2D eigenvalue weighted by Gasteiger charge is -2.42. The molecule has 1 aliphatic carbocycles. The Labute approximate surface area is 175 Å². The summed E-state index contributed by atoms with van der Waals surface area (Å²) in [6.45, 7) is 7.86. The summed E-state index contributed by atoms with van der Waals surface area (Å²) in [5.74, 6) is 1.66. The van der Waals surface area contributed by atoms with E-state index >= 15 is 0 Å². The van der Waals surface area contributed by atoms with Gasteiger partial charge in [0, 0.05) is 13.0 Å². The van der Waals surface area contributed by atoms with Crippen LogP contribution in [0.25, 0.3) is 0 Å². The Morgan fingerprint density at radius 2 is 1.93 bits per heavy atom. The predicted molar refractivity (Wildman–Crippen MR) is 114 cm³/mol. The molecule has 1 spiro atoms. The van der Waals surface area contributed by atoms with Crippen LogP contribution in [0.3, 0.4) is 0 Å². The second kappa shape index (κ2) is 9.61. The summed E-state index contributed by atoms with van der Waals surface area (Å²) in [5.41, 5.74) is 2.13. The number of methoxy groups -OCH3 is 2. The molecule has 2 aliphatic rings. The van der Waals surface area contributed by atoms with E-state index in [1.54, 1.807) is 14.2 Å². The standard InChI is InChI=1S/C24H36O5/c1-16(2)7-6-8-17(3)21-23(27-5)22(20(25)13-24(21)15-29-24)28-14-18-9-11-19(26-4)12-10-18/h8-12,16,20-23,25H,6-7,13-15H2,1-5H3/p+1/b17-8+/t20-,21-,22+,23-,24-/m0/s1. The molecular weight excluding hydrogens is 368 g/mol. The second-order valence-corrected chi connectivity index (χ2v) is 8.89. The molecule has 1 aromatic rings. The van der Waals surface area contributed by atoms with Crippen molar-refractivity contribution in [3.8, 4) is 5.75 Å². The molecule has 0 amide bonds. The molecule has 1 heterocycles. The van der Waals surface area contributed by atoms with Crippen molar-refractivity contribution in [2.75, 3.05) is 20.8 Å². The van der Waals surface area contributed by atoms with Crippen LogP contribution >= 0.6 is 0 Å². The zero-order valence-corrected chi connectivity index (χ0v) is 18.4. The molecule has 5 nitrogen and oxygen atoms in total. The van der Waals surface area contributed by atoms with Gasteiger partial charge in [0.15, 0.2) is 12.2 Å². The van der Waals surface area contributed by atoms with E-state index in [1.165, 1.54) is 12.0 Å². The Balaban J connectivity index is 1.72. The fraction of sp³-hybridized carbons (Fsp3) is 0.667. The average Bonchev–Trinajstić information content (AvgIpc) is 3.46. The highest BCUT2D eigenvalue weighted by Gasteiger charge is 2.63. The summed E-state index contributed by atoms with van der Waals surface area (Å²) in [4.78, 5) is 0. The molecule has 0 aromatic heterocycles. The topological polar surface area (TPSA) is 63.1 Å². The quantitative estimate of drug-likeness (QED) is 0.356. The molecule has 162 valence electrons. The largest absolute Gasteiger partial charge is 0.497 e. The molecule has 1 saturated heterocycles. The number of ether oxygens (including phenoxy) is 4. The number of hydrogen-bond donors (Lipinski definition) is 0. The van der Waals surface area contributed by atoms with Gasteiger partial charge in [-0.25, -0.2) is 0 Å². The van der Waals surface area contributed by atoms with Crippen molar-refractivity contribution in [1.29, 1.82) is 0 Å². The summed E-state index contributed by atoms with van der Waals surface area (Å²) in [6, 6.07) is 7.87. The van der Waals surface area contributed by atoms with E-state index in [9.17, 15) is 0 Å². The highest BCUT2D eigenvalue weighted by Crippen LogP contribution is 2.50. The molecule has 0 radical (unpaired) electrons. The summed E-state index contributed by atoms with van der Waals surface area (Å²) >= 11 is 0. The normalized spacial score (nSPS) is 32.0. The number of benzene rings is 1. The molecule has 5 heteroatoms. The molecule has 1 aromatic carbocycles. The minimum Gasteiger partial charge on any atom is -0.497 e. The van der Waals surface area contributed by atoms with Crippen LogP contribution in [0.15, 0.2) is 35.9 Å². The third-order valence-corrected chi connectivity index (χ3v) is 6.27. The summed E-state index contributed by atoms with van der Waals surface area (Å²) in [5, 5.41) is 8.69. The van der Waals surface area contributed by atoms with Crippen molar-refractivity contribution in [3.63, 3.8) is 0 Å². The van der Waals surface area contributed by atoms with Gasteiger partial charge in [-0.3, -0.25) is 0 Å². The van der Waals surface area contributed by atoms with E-state index in [2.05, 4.69) is 26.8 Å². The molecule has 0 bridgehead atoms. The van der Waals surface area contributed by atoms with Gasteiger partial charge in [0.2, 0.25) is 0 Å². The Morgan fingerprint density at radius 1 is 1.24 bits per heavy atom. The molecular formula is C24H37O5+. The summed E-state index contributed by atoms with van der Waals surface area (Å²) < 4.78 is 23.4. The first-order valence-corrected chi connectivity index (χ1v) is 10.7. The van der Waals surface area contributed by atoms with Crippen molar-refractivity contribution < 1.29 is 24.1 Å². The van der Waals surface area contributed by atoms with Crippen molar-refractivity contribution in [2.45, 2.75) is 70.6 Å². The maximum Gasteiger partial charge on any atom is 0.185 e. The van der Waals surface area contributed by atoms with E-state index in [4.69, 9.17) is 24.1 Å².